The van der Waals surface area contributed by atoms with E-state index in [1.54, 1.807) is 20.8 Å². The molecule has 2 aromatic heterocycles. The minimum atomic E-state index is -0.792. The Balaban J connectivity index is 2.61. The fourth-order valence-electron chi connectivity index (χ4n) is 2.09. The Hall–Kier alpha value is -2.22. The third-order valence-electron chi connectivity index (χ3n) is 3.30. The summed E-state index contributed by atoms with van der Waals surface area (Å²) in [5.41, 5.74) is 0.134. The number of esters is 2. The van der Waals surface area contributed by atoms with E-state index in [0.717, 1.165) is 11.3 Å². The Labute approximate surface area is 130 Å². The summed E-state index contributed by atoms with van der Waals surface area (Å²) in [7, 11) is 1.25. The minimum absolute atomic E-state index is 0.254. The van der Waals surface area contributed by atoms with Crippen molar-refractivity contribution in [3.8, 4) is 0 Å². The van der Waals surface area contributed by atoms with Crippen molar-refractivity contribution in [1.82, 2.24) is 9.55 Å². The Morgan fingerprint density at radius 2 is 2.14 bits per heavy atom. The van der Waals surface area contributed by atoms with Gasteiger partial charge in [-0.05, 0) is 26.3 Å². The van der Waals surface area contributed by atoms with Crippen LogP contribution in [-0.2, 0) is 14.3 Å². The van der Waals surface area contributed by atoms with Crippen molar-refractivity contribution in [1.29, 1.82) is 0 Å². The van der Waals surface area contributed by atoms with Crippen LogP contribution in [0.3, 0.4) is 0 Å². The van der Waals surface area contributed by atoms with E-state index in [9.17, 15) is 14.4 Å². The normalized spacial score (nSPS) is 12.2. The van der Waals surface area contributed by atoms with E-state index in [-0.39, 0.29) is 12.2 Å². The van der Waals surface area contributed by atoms with E-state index < -0.39 is 18.0 Å². The summed E-state index contributed by atoms with van der Waals surface area (Å²) in [6.45, 7) is 5.18. The van der Waals surface area contributed by atoms with Gasteiger partial charge in [-0.15, -0.1) is 11.3 Å². The van der Waals surface area contributed by atoms with Gasteiger partial charge in [0.2, 0.25) is 0 Å². The van der Waals surface area contributed by atoms with Crippen LogP contribution in [0, 0.1) is 6.92 Å². The van der Waals surface area contributed by atoms with E-state index in [2.05, 4.69) is 9.72 Å². The summed E-state index contributed by atoms with van der Waals surface area (Å²) in [6, 6.07) is -0.792. The molecule has 2 heterocycles. The van der Waals surface area contributed by atoms with Crippen molar-refractivity contribution in [3.05, 3.63) is 27.1 Å². The molecule has 8 heteroatoms. The maximum absolute atomic E-state index is 12.6. The zero-order valence-electron chi connectivity index (χ0n) is 12.7. The Kier molecular flexibility index (Phi) is 4.60. The van der Waals surface area contributed by atoms with Crippen LogP contribution in [0.25, 0.3) is 10.2 Å². The van der Waals surface area contributed by atoms with Gasteiger partial charge >= 0.3 is 11.9 Å². The molecule has 0 aromatic carbocycles. The topological polar surface area (TPSA) is 87.5 Å². The summed E-state index contributed by atoms with van der Waals surface area (Å²) in [5.74, 6) is -1.02. The summed E-state index contributed by atoms with van der Waals surface area (Å²) < 4.78 is 10.8. The highest BCUT2D eigenvalue weighted by atomic mass is 32.1. The fraction of sp³-hybridized carbons (Fsp3) is 0.429. The first kappa shape index (κ1) is 16.2. The molecule has 0 saturated heterocycles. The van der Waals surface area contributed by atoms with Gasteiger partial charge in [0.15, 0.2) is 0 Å². The second kappa shape index (κ2) is 6.27. The number of rotatable bonds is 4. The molecule has 0 N–H and O–H groups in total. The van der Waals surface area contributed by atoms with E-state index in [1.165, 1.54) is 18.0 Å². The molecule has 0 fully saturated rings. The van der Waals surface area contributed by atoms with Crippen LogP contribution < -0.4 is 5.56 Å². The molecule has 0 bridgehead atoms. The number of hydrogen-bond donors (Lipinski definition) is 0. The third-order valence-corrected chi connectivity index (χ3v) is 4.48. The van der Waals surface area contributed by atoms with Gasteiger partial charge in [0.05, 0.1) is 25.4 Å². The third kappa shape index (κ3) is 2.61. The zero-order valence-corrected chi connectivity index (χ0v) is 13.5. The number of methoxy groups -OCH3 is 1. The first-order valence-electron chi connectivity index (χ1n) is 6.67. The monoisotopic (exact) mass is 324 g/mol. The smallest absolute Gasteiger partial charge is 0.348 e. The maximum Gasteiger partial charge on any atom is 0.348 e. The van der Waals surface area contributed by atoms with Crippen molar-refractivity contribution in [2.45, 2.75) is 26.8 Å². The number of carbonyl (C=O) groups excluding carboxylic acids is 2. The van der Waals surface area contributed by atoms with E-state index in [4.69, 9.17) is 4.74 Å². The maximum atomic E-state index is 12.6. The predicted molar refractivity (Wildman–Crippen MR) is 81.3 cm³/mol. The SMILES string of the molecule is CCOC(=O)c1sc2ncn([C@@H](C)C(=O)OC)c(=O)c2c1C. The number of aromatic nitrogens is 2. The molecule has 0 aliphatic heterocycles. The van der Waals surface area contributed by atoms with Crippen molar-refractivity contribution < 1.29 is 19.1 Å². The van der Waals surface area contributed by atoms with Gasteiger partial charge in [-0.1, -0.05) is 0 Å². The molecule has 0 spiro atoms. The van der Waals surface area contributed by atoms with Gasteiger partial charge in [-0.3, -0.25) is 9.36 Å². The summed E-state index contributed by atoms with van der Waals surface area (Å²) >= 11 is 1.11. The molecule has 118 valence electrons. The first-order valence-corrected chi connectivity index (χ1v) is 7.49. The Morgan fingerprint density at radius 3 is 2.73 bits per heavy atom. The first-order chi connectivity index (χ1) is 10.4. The number of hydrogen-bond acceptors (Lipinski definition) is 7. The summed E-state index contributed by atoms with van der Waals surface area (Å²) in [6.07, 6.45) is 1.29. The molecule has 0 amide bonds. The molecule has 2 aromatic rings. The average molecular weight is 324 g/mol. The number of ether oxygens (including phenoxy) is 2. The van der Waals surface area contributed by atoms with E-state index in [0.29, 0.717) is 20.7 Å². The highest BCUT2D eigenvalue weighted by Crippen LogP contribution is 2.27. The molecule has 2 rings (SSSR count). The molecule has 0 unspecified atom stereocenters. The van der Waals surface area contributed by atoms with Gasteiger partial charge in [0.25, 0.3) is 5.56 Å². The Morgan fingerprint density at radius 1 is 1.45 bits per heavy atom. The van der Waals surface area contributed by atoms with Crippen LogP contribution in [-0.4, -0.2) is 35.2 Å². The molecule has 22 heavy (non-hydrogen) atoms. The number of aryl methyl sites for hydroxylation is 1. The van der Waals surface area contributed by atoms with E-state index >= 15 is 0 Å². The van der Waals surface area contributed by atoms with Crippen molar-refractivity contribution in [3.63, 3.8) is 0 Å². The highest BCUT2D eigenvalue weighted by Gasteiger charge is 2.23. The molecular weight excluding hydrogens is 308 g/mol. The van der Waals surface area contributed by atoms with Gasteiger partial charge < -0.3 is 9.47 Å². The van der Waals surface area contributed by atoms with Crippen LogP contribution in [0.15, 0.2) is 11.1 Å². The van der Waals surface area contributed by atoms with Crippen LogP contribution in [0.4, 0.5) is 0 Å². The van der Waals surface area contributed by atoms with Gasteiger partial charge in [-0.25, -0.2) is 14.6 Å². The number of nitrogens with zero attached hydrogens (tertiary/aromatic N) is 2. The zero-order chi connectivity index (χ0) is 16.4. The van der Waals surface area contributed by atoms with Gasteiger partial charge in [0, 0.05) is 0 Å². The van der Waals surface area contributed by atoms with Crippen molar-refractivity contribution in [2.24, 2.45) is 0 Å². The average Bonchev–Trinajstić information content (AvgIpc) is 2.84. The lowest BCUT2D eigenvalue weighted by atomic mass is 10.2. The van der Waals surface area contributed by atoms with Crippen LogP contribution in [0.1, 0.15) is 35.1 Å². The van der Waals surface area contributed by atoms with Crippen LogP contribution >= 0.6 is 11.3 Å². The minimum Gasteiger partial charge on any atom is -0.467 e. The molecule has 0 radical (unpaired) electrons. The molecule has 1 atom stereocenters. The quantitative estimate of drug-likeness (QED) is 0.795. The van der Waals surface area contributed by atoms with Crippen molar-refractivity contribution >= 4 is 33.5 Å². The molecule has 0 aliphatic rings. The fourth-order valence-corrected chi connectivity index (χ4v) is 3.12. The summed E-state index contributed by atoms with van der Waals surface area (Å²) in [5, 5.41) is 0.325. The van der Waals surface area contributed by atoms with E-state index in [1.807, 2.05) is 0 Å². The Bertz CT molecular complexity index is 792. The largest absolute Gasteiger partial charge is 0.467 e. The lowest BCUT2D eigenvalue weighted by molar-refractivity contribution is -0.144. The highest BCUT2D eigenvalue weighted by molar-refractivity contribution is 7.20. The summed E-state index contributed by atoms with van der Waals surface area (Å²) in [4.78, 5) is 41.0. The van der Waals surface area contributed by atoms with Crippen LogP contribution in [0.5, 0.6) is 0 Å². The molecule has 0 aliphatic carbocycles. The predicted octanol–water partition coefficient (Wildman–Crippen LogP) is 1.68. The number of fused-ring (bicyclic) bond motifs is 1. The van der Waals surface area contributed by atoms with Gasteiger partial charge in [0.1, 0.15) is 15.7 Å². The standard InChI is InChI=1S/C14H16N2O5S/c1-5-21-14(19)10-7(2)9-11(22-10)15-6-16(12(9)17)8(3)13(18)20-4/h6,8H,5H2,1-4H3/t8-/m0/s1. The second-order valence-electron chi connectivity index (χ2n) is 4.61. The molecule has 0 saturated carbocycles. The van der Waals surface area contributed by atoms with Crippen molar-refractivity contribution in [2.75, 3.05) is 13.7 Å². The second-order valence-corrected chi connectivity index (χ2v) is 5.61. The molecular formula is C14H16N2O5S. The number of carbonyl (C=O) groups is 2. The number of thiophene rings is 1. The molecule has 7 nitrogen and oxygen atoms in total. The lowest BCUT2D eigenvalue weighted by Crippen LogP contribution is -2.29. The van der Waals surface area contributed by atoms with Crippen LogP contribution in [0.2, 0.25) is 0 Å². The van der Waals surface area contributed by atoms with Gasteiger partial charge in [-0.2, -0.15) is 0 Å². The lowest BCUT2D eigenvalue weighted by Gasteiger charge is -2.11.